The van der Waals surface area contributed by atoms with Crippen molar-refractivity contribution >= 4 is 0 Å². The predicted molar refractivity (Wildman–Crippen MR) is 120 cm³/mol. The Morgan fingerprint density at radius 3 is 2.48 bits per heavy atom. The van der Waals surface area contributed by atoms with Crippen LogP contribution in [0.25, 0.3) is 0 Å². The first-order chi connectivity index (χ1) is 12.9. The normalized spacial score (nSPS) is 42.9. The molecule has 3 fully saturated rings. The lowest BCUT2D eigenvalue weighted by molar-refractivity contribution is -0.0497. The molecule has 4 aliphatic carbocycles. The van der Waals surface area contributed by atoms with E-state index in [0.29, 0.717) is 10.8 Å². The first-order valence-corrected chi connectivity index (χ1v) is 11.9. The zero-order valence-corrected chi connectivity index (χ0v) is 18.9. The molecule has 6 unspecified atom stereocenters. The van der Waals surface area contributed by atoms with Gasteiger partial charge < -0.3 is 0 Å². The molecule has 3 saturated carbocycles. The van der Waals surface area contributed by atoms with Crippen molar-refractivity contribution in [3.05, 3.63) is 36.0 Å². The van der Waals surface area contributed by atoms with Crippen LogP contribution in [-0.4, -0.2) is 0 Å². The van der Waals surface area contributed by atoms with Crippen molar-refractivity contribution in [3.63, 3.8) is 0 Å². The molecule has 4 aliphatic rings. The molecule has 0 nitrogen and oxygen atoms in total. The largest absolute Gasteiger partial charge is 0.0999 e. The molecule has 0 saturated heterocycles. The van der Waals surface area contributed by atoms with E-state index in [2.05, 4.69) is 40.0 Å². The van der Waals surface area contributed by atoms with Crippen LogP contribution in [0.3, 0.4) is 0 Å². The van der Waals surface area contributed by atoms with Crippen molar-refractivity contribution < 1.29 is 0 Å². The Labute approximate surface area is 169 Å². The fraction of sp³-hybridized carbons (Fsp3) is 0.778. The van der Waals surface area contributed by atoms with Gasteiger partial charge in [-0.2, -0.15) is 0 Å². The maximum Gasteiger partial charge on any atom is -0.00790 e. The average molecular weight is 369 g/mol. The van der Waals surface area contributed by atoms with Gasteiger partial charge in [-0.3, -0.25) is 0 Å². The Hall–Kier alpha value is -0.780. The quantitative estimate of drug-likeness (QED) is 0.438. The van der Waals surface area contributed by atoms with E-state index in [4.69, 9.17) is 0 Å². The Morgan fingerprint density at radius 2 is 1.78 bits per heavy atom. The van der Waals surface area contributed by atoms with E-state index in [0.717, 1.165) is 23.7 Å². The average Bonchev–Trinajstić information content (AvgIpc) is 3.00. The minimum absolute atomic E-state index is 0.483. The SMILES string of the molecule is C=C1C=C2CCC3C(CCC4(C)C(CC(=C)CC)CCC34)C2(C)CC1.CC. The molecule has 4 rings (SSSR count). The minimum atomic E-state index is 0.483. The first kappa shape index (κ1) is 20.9. The summed E-state index contributed by atoms with van der Waals surface area (Å²) in [4.78, 5) is 0. The zero-order chi connectivity index (χ0) is 19.8. The van der Waals surface area contributed by atoms with Crippen LogP contribution in [0.2, 0.25) is 0 Å². The van der Waals surface area contributed by atoms with E-state index in [1.807, 2.05) is 13.8 Å². The van der Waals surface area contributed by atoms with Gasteiger partial charge in [-0.25, -0.2) is 0 Å². The summed E-state index contributed by atoms with van der Waals surface area (Å²) in [5.41, 5.74) is 5.69. The van der Waals surface area contributed by atoms with E-state index in [-0.39, 0.29) is 0 Å². The summed E-state index contributed by atoms with van der Waals surface area (Å²) >= 11 is 0. The van der Waals surface area contributed by atoms with E-state index in [1.165, 1.54) is 75.4 Å². The molecule has 0 spiro atoms. The van der Waals surface area contributed by atoms with E-state index in [9.17, 15) is 0 Å². The van der Waals surface area contributed by atoms with Gasteiger partial charge in [0, 0.05) is 0 Å². The lowest BCUT2D eigenvalue weighted by atomic mass is 9.46. The third-order valence-corrected chi connectivity index (χ3v) is 9.31. The standard InChI is InChI=1S/C25H38.C2H6/c1-6-17(2)15-20-8-10-22-21-9-7-19-16-18(3)11-13-24(19,4)23(21)12-14-25(20,22)5;1-2/h16,20-23H,2-3,6-15H2,1,4-5H3;1-2H3. The smallest absolute Gasteiger partial charge is 0.00790 e. The fourth-order valence-corrected chi connectivity index (χ4v) is 7.59. The number of hydrogen-bond acceptors (Lipinski definition) is 0. The van der Waals surface area contributed by atoms with Crippen molar-refractivity contribution in [2.75, 3.05) is 0 Å². The van der Waals surface area contributed by atoms with Crippen LogP contribution in [0.1, 0.15) is 98.8 Å². The lowest BCUT2D eigenvalue weighted by Gasteiger charge is -2.58. The highest BCUT2D eigenvalue weighted by Gasteiger charge is 2.58. The molecule has 0 bridgehead atoms. The van der Waals surface area contributed by atoms with Gasteiger partial charge in [-0.15, -0.1) is 0 Å². The van der Waals surface area contributed by atoms with E-state index >= 15 is 0 Å². The van der Waals surface area contributed by atoms with Crippen molar-refractivity contribution in [2.45, 2.75) is 98.8 Å². The summed E-state index contributed by atoms with van der Waals surface area (Å²) in [6, 6.07) is 0. The molecule has 0 aromatic carbocycles. The van der Waals surface area contributed by atoms with Gasteiger partial charge in [-0.1, -0.05) is 70.6 Å². The maximum atomic E-state index is 4.34. The van der Waals surface area contributed by atoms with Crippen molar-refractivity contribution in [2.24, 2.45) is 34.5 Å². The van der Waals surface area contributed by atoms with Crippen LogP contribution in [0.5, 0.6) is 0 Å². The first-order valence-electron chi connectivity index (χ1n) is 11.9. The van der Waals surface area contributed by atoms with E-state index < -0.39 is 0 Å². The molecule has 6 atom stereocenters. The van der Waals surface area contributed by atoms with Crippen LogP contribution in [0, 0.1) is 34.5 Å². The van der Waals surface area contributed by atoms with Gasteiger partial charge in [0.1, 0.15) is 0 Å². The molecule has 0 radical (unpaired) electrons. The molecular formula is C27H44. The van der Waals surface area contributed by atoms with Crippen molar-refractivity contribution in [1.29, 1.82) is 0 Å². The van der Waals surface area contributed by atoms with Gasteiger partial charge in [0.15, 0.2) is 0 Å². The Bertz CT molecular complexity index is 608. The van der Waals surface area contributed by atoms with Gasteiger partial charge in [0.05, 0.1) is 0 Å². The summed E-state index contributed by atoms with van der Waals surface area (Å²) in [5.74, 6) is 3.80. The van der Waals surface area contributed by atoms with Crippen LogP contribution in [-0.2, 0) is 0 Å². The molecule has 152 valence electrons. The summed E-state index contributed by atoms with van der Waals surface area (Å²) in [5, 5.41) is 0. The molecule has 0 amide bonds. The number of rotatable bonds is 3. The number of hydrogen-bond donors (Lipinski definition) is 0. The highest BCUT2D eigenvalue weighted by Crippen LogP contribution is 2.67. The second kappa shape index (κ2) is 7.92. The summed E-state index contributed by atoms with van der Waals surface area (Å²) < 4.78 is 0. The number of fused-ring (bicyclic) bond motifs is 5. The molecule has 0 aromatic heterocycles. The molecular weight excluding hydrogens is 324 g/mol. The Kier molecular flexibility index (Phi) is 6.14. The van der Waals surface area contributed by atoms with Gasteiger partial charge in [0.2, 0.25) is 0 Å². The van der Waals surface area contributed by atoms with Crippen molar-refractivity contribution in [3.8, 4) is 0 Å². The fourth-order valence-electron chi connectivity index (χ4n) is 7.59. The van der Waals surface area contributed by atoms with Gasteiger partial charge in [-0.05, 0) is 98.7 Å². The Balaban J connectivity index is 0.00000102. The third-order valence-electron chi connectivity index (χ3n) is 9.31. The van der Waals surface area contributed by atoms with Crippen molar-refractivity contribution in [1.82, 2.24) is 0 Å². The molecule has 0 N–H and O–H groups in total. The Morgan fingerprint density at radius 1 is 1.04 bits per heavy atom. The van der Waals surface area contributed by atoms with Crippen LogP contribution >= 0.6 is 0 Å². The van der Waals surface area contributed by atoms with Crippen LogP contribution in [0.4, 0.5) is 0 Å². The molecule has 27 heavy (non-hydrogen) atoms. The lowest BCUT2D eigenvalue weighted by Crippen LogP contribution is -2.50. The highest BCUT2D eigenvalue weighted by molar-refractivity contribution is 5.33. The predicted octanol–water partition coefficient (Wildman–Crippen LogP) is 8.50. The highest BCUT2D eigenvalue weighted by atomic mass is 14.6. The molecule has 0 aromatic rings. The third kappa shape index (κ3) is 3.40. The van der Waals surface area contributed by atoms with Crippen LogP contribution in [0.15, 0.2) is 36.0 Å². The number of allylic oxidation sites excluding steroid dienone is 4. The second-order valence-electron chi connectivity index (χ2n) is 10.3. The topological polar surface area (TPSA) is 0 Å². The van der Waals surface area contributed by atoms with E-state index in [1.54, 1.807) is 5.57 Å². The summed E-state index contributed by atoms with van der Waals surface area (Å²) in [7, 11) is 0. The van der Waals surface area contributed by atoms with Gasteiger partial charge >= 0.3 is 0 Å². The minimum Gasteiger partial charge on any atom is -0.0999 e. The maximum absolute atomic E-state index is 4.34. The molecule has 0 heterocycles. The summed E-state index contributed by atoms with van der Waals surface area (Å²) in [6.07, 6.45) is 16.2. The van der Waals surface area contributed by atoms with Gasteiger partial charge in [0.25, 0.3) is 0 Å². The van der Waals surface area contributed by atoms with Crippen LogP contribution < -0.4 is 0 Å². The summed E-state index contributed by atoms with van der Waals surface area (Å²) in [6.45, 7) is 20.2. The molecule has 0 aliphatic heterocycles. The zero-order valence-electron chi connectivity index (χ0n) is 18.9. The monoisotopic (exact) mass is 368 g/mol. The molecule has 0 heteroatoms. The second-order valence-corrected chi connectivity index (χ2v) is 10.3.